The number of hydrogen-bond acceptors (Lipinski definition) is 3. The predicted octanol–water partition coefficient (Wildman–Crippen LogP) is 1.69. The Kier molecular flexibility index (Phi) is 6.68. The highest BCUT2D eigenvalue weighted by Crippen LogP contribution is 2.15. The third-order valence-electron chi connectivity index (χ3n) is 3.52. The van der Waals surface area contributed by atoms with E-state index in [2.05, 4.69) is 24.5 Å². The van der Waals surface area contributed by atoms with Crippen molar-refractivity contribution in [1.82, 2.24) is 10.6 Å². The molecule has 0 spiro atoms. The molecule has 1 aromatic rings. The summed E-state index contributed by atoms with van der Waals surface area (Å²) >= 11 is 0. The molecule has 0 aliphatic carbocycles. The molecule has 0 heterocycles. The number of carbonyl (C=O) groups is 1. The van der Waals surface area contributed by atoms with Crippen molar-refractivity contribution in [1.29, 1.82) is 0 Å². The number of carbonyl (C=O) groups excluding carboxylic acids is 1. The van der Waals surface area contributed by atoms with Crippen LogP contribution in [0.4, 0.5) is 0 Å². The highest BCUT2D eigenvalue weighted by Gasteiger charge is 2.34. The number of amides is 1. The Bertz CT molecular complexity index is 393. The number of rotatable bonds is 9. The van der Waals surface area contributed by atoms with Gasteiger partial charge in [-0.25, -0.2) is 0 Å². The summed E-state index contributed by atoms with van der Waals surface area (Å²) in [6.07, 6.45) is 1.49. The van der Waals surface area contributed by atoms with Crippen LogP contribution in [0.15, 0.2) is 30.3 Å². The lowest BCUT2D eigenvalue weighted by atomic mass is 9.94. The Labute approximate surface area is 121 Å². The minimum absolute atomic E-state index is 0.544. The van der Waals surface area contributed by atoms with E-state index >= 15 is 0 Å². The van der Waals surface area contributed by atoms with Crippen molar-refractivity contribution in [2.24, 2.45) is 5.92 Å². The Balaban J connectivity index is 2.83. The molecule has 0 aromatic heterocycles. The minimum atomic E-state index is -0.821. The molecule has 2 atom stereocenters. The van der Waals surface area contributed by atoms with E-state index in [1.54, 1.807) is 6.92 Å². The summed E-state index contributed by atoms with van der Waals surface area (Å²) in [7, 11) is 0. The average Bonchev–Trinajstić information content (AvgIpc) is 2.39. The van der Waals surface area contributed by atoms with Crippen molar-refractivity contribution < 1.29 is 9.90 Å². The summed E-state index contributed by atoms with van der Waals surface area (Å²) in [6, 6.07) is 9.85. The lowest BCUT2D eigenvalue weighted by molar-refractivity contribution is -0.113. The molecule has 0 aliphatic heterocycles. The van der Waals surface area contributed by atoms with E-state index in [-0.39, 0.29) is 0 Å². The minimum Gasteiger partial charge on any atom is -0.390 e. The molecule has 0 radical (unpaired) electrons. The number of benzene rings is 1. The molecule has 0 saturated heterocycles. The van der Waals surface area contributed by atoms with Crippen LogP contribution in [0.2, 0.25) is 0 Å². The van der Waals surface area contributed by atoms with Crippen molar-refractivity contribution in [3.63, 3.8) is 0 Å². The number of nitrogens with one attached hydrogen (secondary N) is 2. The van der Waals surface area contributed by atoms with Gasteiger partial charge in [0.25, 0.3) is 0 Å². The van der Waals surface area contributed by atoms with E-state index in [1.165, 1.54) is 0 Å². The zero-order valence-corrected chi connectivity index (χ0v) is 12.6. The van der Waals surface area contributed by atoms with E-state index < -0.39 is 11.8 Å². The summed E-state index contributed by atoms with van der Waals surface area (Å²) in [5.41, 5.74) is 0.248. The molecule has 20 heavy (non-hydrogen) atoms. The van der Waals surface area contributed by atoms with Gasteiger partial charge in [0.15, 0.2) is 0 Å². The van der Waals surface area contributed by atoms with Gasteiger partial charge in [-0.1, -0.05) is 44.2 Å². The highest BCUT2D eigenvalue weighted by molar-refractivity contribution is 5.48. The summed E-state index contributed by atoms with van der Waals surface area (Å²) in [6.45, 7) is 6.74. The molecule has 0 fully saturated rings. The summed E-state index contributed by atoms with van der Waals surface area (Å²) < 4.78 is 0. The Morgan fingerprint density at radius 2 is 1.90 bits per heavy atom. The quantitative estimate of drug-likeness (QED) is 0.476. The Morgan fingerprint density at radius 1 is 1.25 bits per heavy atom. The molecule has 112 valence electrons. The maximum absolute atomic E-state index is 10.9. The fraction of sp³-hybridized carbons (Fsp3) is 0.562. The van der Waals surface area contributed by atoms with Crippen LogP contribution in [0.1, 0.15) is 32.8 Å². The monoisotopic (exact) mass is 278 g/mol. The third kappa shape index (κ3) is 4.94. The number of aliphatic hydroxyl groups excluding tert-OH is 1. The smallest absolute Gasteiger partial charge is 0.208 e. The summed E-state index contributed by atoms with van der Waals surface area (Å²) in [4.78, 5) is 10.9. The maximum Gasteiger partial charge on any atom is 0.208 e. The molecule has 2 unspecified atom stereocenters. The predicted molar refractivity (Wildman–Crippen MR) is 81.2 cm³/mol. The number of aliphatic hydroxyl groups is 1. The van der Waals surface area contributed by atoms with Gasteiger partial charge in [0.05, 0.1) is 6.10 Å². The molecule has 4 heteroatoms. The fourth-order valence-electron chi connectivity index (χ4n) is 2.19. The zero-order valence-electron chi connectivity index (χ0n) is 12.6. The molecule has 1 amide bonds. The van der Waals surface area contributed by atoms with E-state index in [4.69, 9.17) is 0 Å². The number of hydrogen-bond donors (Lipinski definition) is 3. The van der Waals surface area contributed by atoms with Crippen molar-refractivity contribution in [2.45, 2.75) is 45.4 Å². The van der Waals surface area contributed by atoms with Crippen molar-refractivity contribution in [3.05, 3.63) is 35.9 Å². The topological polar surface area (TPSA) is 61.4 Å². The maximum atomic E-state index is 10.9. The molecule has 0 saturated carbocycles. The van der Waals surface area contributed by atoms with E-state index in [1.807, 2.05) is 30.3 Å². The summed E-state index contributed by atoms with van der Waals surface area (Å²) in [5.74, 6) is 0.571. The zero-order chi connectivity index (χ0) is 15.0. The fourth-order valence-corrected chi connectivity index (χ4v) is 2.19. The van der Waals surface area contributed by atoms with Crippen LogP contribution in [-0.4, -0.2) is 29.8 Å². The molecule has 0 aliphatic rings. The first-order chi connectivity index (χ1) is 9.50. The van der Waals surface area contributed by atoms with E-state index in [9.17, 15) is 9.90 Å². The van der Waals surface area contributed by atoms with Crippen LogP contribution >= 0.6 is 0 Å². The second-order valence-corrected chi connectivity index (χ2v) is 5.68. The van der Waals surface area contributed by atoms with Gasteiger partial charge in [-0.15, -0.1) is 0 Å². The van der Waals surface area contributed by atoms with Crippen LogP contribution < -0.4 is 10.6 Å². The highest BCUT2D eigenvalue weighted by atomic mass is 16.3. The molecule has 3 N–H and O–H groups in total. The van der Waals surface area contributed by atoms with Crippen molar-refractivity contribution >= 4 is 6.41 Å². The van der Waals surface area contributed by atoms with Crippen LogP contribution in [-0.2, 0) is 11.2 Å². The first kappa shape index (κ1) is 16.7. The van der Waals surface area contributed by atoms with Gasteiger partial charge in [-0.05, 0) is 31.4 Å². The molecule has 1 rings (SSSR count). The SMILES string of the molecule is CC(C)CCNC(Cc1ccccc1)(NC=O)C(C)O. The first-order valence-electron chi connectivity index (χ1n) is 7.18. The summed E-state index contributed by atoms with van der Waals surface area (Å²) in [5, 5.41) is 16.2. The van der Waals surface area contributed by atoms with Crippen LogP contribution in [0.5, 0.6) is 0 Å². The van der Waals surface area contributed by atoms with Gasteiger partial charge in [0, 0.05) is 6.42 Å². The second-order valence-electron chi connectivity index (χ2n) is 5.68. The van der Waals surface area contributed by atoms with Gasteiger partial charge in [-0.2, -0.15) is 0 Å². The Hall–Kier alpha value is -1.39. The van der Waals surface area contributed by atoms with Gasteiger partial charge < -0.3 is 10.4 Å². The molecule has 4 nitrogen and oxygen atoms in total. The molecular weight excluding hydrogens is 252 g/mol. The Morgan fingerprint density at radius 3 is 2.40 bits per heavy atom. The average molecular weight is 278 g/mol. The van der Waals surface area contributed by atoms with E-state index in [0.29, 0.717) is 18.7 Å². The van der Waals surface area contributed by atoms with E-state index in [0.717, 1.165) is 18.5 Å². The lowest BCUT2D eigenvalue weighted by Gasteiger charge is -2.37. The molecular formula is C16H26N2O2. The molecule has 1 aromatic carbocycles. The third-order valence-corrected chi connectivity index (χ3v) is 3.52. The lowest BCUT2D eigenvalue weighted by Crippen LogP contribution is -2.64. The van der Waals surface area contributed by atoms with Crippen molar-refractivity contribution in [2.75, 3.05) is 6.54 Å². The standard InChI is InChI=1S/C16H26N2O2/c1-13(2)9-10-17-16(14(3)20,18-12-19)11-15-7-5-4-6-8-15/h4-8,12-14,17,20H,9-11H2,1-3H3,(H,18,19). The van der Waals surface area contributed by atoms with Crippen molar-refractivity contribution in [3.8, 4) is 0 Å². The van der Waals surface area contributed by atoms with Crippen LogP contribution in [0.25, 0.3) is 0 Å². The van der Waals surface area contributed by atoms with Crippen LogP contribution in [0, 0.1) is 5.92 Å². The molecule has 0 bridgehead atoms. The van der Waals surface area contributed by atoms with Gasteiger partial charge in [0.2, 0.25) is 6.41 Å². The normalized spacial score (nSPS) is 15.7. The van der Waals surface area contributed by atoms with Gasteiger partial charge in [0.1, 0.15) is 5.66 Å². The first-order valence-corrected chi connectivity index (χ1v) is 7.18. The van der Waals surface area contributed by atoms with Gasteiger partial charge >= 0.3 is 0 Å². The van der Waals surface area contributed by atoms with Crippen LogP contribution in [0.3, 0.4) is 0 Å². The van der Waals surface area contributed by atoms with Gasteiger partial charge in [-0.3, -0.25) is 10.1 Å². The largest absolute Gasteiger partial charge is 0.390 e. The second kappa shape index (κ2) is 8.02.